The Morgan fingerprint density at radius 3 is 2.49 bits per heavy atom. The van der Waals surface area contributed by atoms with Crippen molar-refractivity contribution in [2.24, 2.45) is 5.10 Å². The molecule has 1 aromatic heterocycles. The quantitative estimate of drug-likeness (QED) is 0.129. The van der Waals surface area contributed by atoms with Gasteiger partial charge in [-0.2, -0.15) is 5.10 Å². The lowest BCUT2D eigenvalue weighted by Crippen LogP contribution is -2.17. The molecular weight excluding hydrogens is 596 g/mol. The average molecular weight is 618 g/mol. The first-order valence-electron chi connectivity index (χ1n) is 11.9. The largest absolute Gasteiger partial charge is 0.488 e. The van der Waals surface area contributed by atoms with E-state index in [9.17, 15) is 4.79 Å². The number of benzene rings is 4. The third-order valence-electron chi connectivity index (χ3n) is 5.64. The lowest BCUT2D eigenvalue weighted by molar-refractivity contribution is 0.0955. The molecule has 39 heavy (non-hydrogen) atoms. The van der Waals surface area contributed by atoms with Gasteiger partial charge in [-0.3, -0.25) is 4.79 Å². The molecule has 0 saturated carbocycles. The highest BCUT2D eigenvalue weighted by molar-refractivity contribution is 9.10. The molecule has 0 spiro atoms. The highest BCUT2D eigenvalue weighted by atomic mass is 79.9. The second-order valence-electron chi connectivity index (χ2n) is 8.40. The first-order valence-corrected chi connectivity index (χ1v) is 14.0. The molecule has 0 bridgehead atoms. The summed E-state index contributed by atoms with van der Waals surface area (Å²) in [6.45, 7) is 0.425. The number of hydrogen-bond acceptors (Lipinski definition) is 6. The summed E-state index contributed by atoms with van der Waals surface area (Å²) in [6.07, 6.45) is 1.58. The summed E-state index contributed by atoms with van der Waals surface area (Å²) in [4.78, 5) is 17.3. The molecule has 0 saturated heterocycles. The molecule has 1 heterocycles. The average Bonchev–Trinajstić information content (AvgIpc) is 3.43. The maximum Gasteiger partial charge on any atom is 0.271 e. The summed E-state index contributed by atoms with van der Waals surface area (Å²) in [5.41, 5.74) is 7.53. The molecule has 0 unspecified atom stereocenters. The van der Waals surface area contributed by atoms with Gasteiger partial charge in [0, 0.05) is 37.3 Å². The van der Waals surface area contributed by atoms with Gasteiger partial charge in [-0.25, -0.2) is 10.4 Å². The number of aromatic nitrogens is 1. The predicted molar refractivity (Wildman–Crippen MR) is 162 cm³/mol. The maximum absolute atomic E-state index is 12.6. The van der Waals surface area contributed by atoms with Crippen LogP contribution in [0.15, 0.2) is 112 Å². The minimum absolute atomic E-state index is 0.311. The number of thiazole rings is 1. The number of carbonyl (C=O) groups excluding carboxylic acids is 1. The van der Waals surface area contributed by atoms with Crippen LogP contribution in [-0.4, -0.2) is 17.1 Å². The number of hydrogen-bond donors (Lipinski definition) is 2. The van der Waals surface area contributed by atoms with Crippen molar-refractivity contribution in [3.8, 4) is 17.0 Å². The molecule has 5 rings (SSSR count). The van der Waals surface area contributed by atoms with Crippen LogP contribution in [0.4, 0.5) is 10.8 Å². The highest BCUT2D eigenvalue weighted by Gasteiger charge is 2.09. The Bertz CT molecular complexity index is 1590. The van der Waals surface area contributed by atoms with Crippen LogP contribution in [0.1, 0.15) is 21.5 Å². The molecule has 0 aliphatic carbocycles. The first kappa shape index (κ1) is 26.6. The standard InChI is InChI=1S/C30H22BrClN4O2S/c31-24-11-5-20(6-12-24)18-38-28-4-2-1-3-23(28)17-33-36-29(37)22-9-7-21(8-10-22)27-19-39-30(35-27)34-26-15-13-25(32)14-16-26/h1-17,19H,18H2,(H,34,35)(H,36,37)/b33-17-. The Hall–Kier alpha value is -3.98. The van der Waals surface area contributed by atoms with Crippen LogP contribution < -0.4 is 15.5 Å². The smallest absolute Gasteiger partial charge is 0.271 e. The van der Waals surface area contributed by atoms with Crippen molar-refractivity contribution in [3.63, 3.8) is 0 Å². The van der Waals surface area contributed by atoms with Crippen LogP contribution in [0.2, 0.25) is 5.02 Å². The molecule has 0 aliphatic rings. The number of nitrogens with one attached hydrogen (secondary N) is 2. The van der Waals surface area contributed by atoms with Crippen molar-refractivity contribution in [3.05, 3.63) is 129 Å². The molecule has 4 aromatic carbocycles. The number of para-hydroxylation sites is 1. The van der Waals surface area contributed by atoms with E-state index in [1.165, 1.54) is 11.3 Å². The number of rotatable bonds is 9. The molecule has 2 N–H and O–H groups in total. The SMILES string of the molecule is O=C(N/N=C\c1ccccc1OCc1ccc(Br)cc1)c1ccc(-c2csc(Nc3ccc(Cl)cc3)n2)cc1. The minimum Gasteiger partial charge on any atom is -0.488 e. The maximum atomic E-state index is 12.6. The van der Waals surface area contributed by atoms with E-state index < -0.39 is 0 Å². The van der Waals surface area contributed by atoms with Gasteiger partial charge in [0.05, 0.1) is 11.9 Å². The lowest BCUT2D eigenvalue weighted by atomic mass is 10.1. The summed E-state index contributed by atoms with van der Waals surface area (Å²) in [5.74, 6) is 0.366. The third kappa shape index (κ3) is 7.32. The Kier molecular flexibility index (Phi) is 8.68. The van der Waals surface area contributed by atoms with E-state index in [-0.39, 0.29) is 5.91 Å². The van der Waals surface area contributed by atoms with Crippen molar-refractivity contribution in [1.82, 2.24) is 10.4 Å². The summed E-state index contributed by atoms with van der Waals surface area (Å²) in [5, 5.41) is 10.8. The van der Waals surface area contributed by atoms with Crippen LogP contribution in [0.5, 0.6) is 5.75 Å². The van der Waals surface area contributed by atoms with Crippen LogP contribution in [0.25, 0.3) is 11.3 Å². The zero-order valence-electron chi connectivity index (χ0n) is 20.5. The van der Waals surface area contributed by atoms with Crippen molar-refractivity contribution in [2.75, 3.05) is 5.32 Å². The van der Waals surface area contributed by atoms with E-state index in [2.05, 4.69) is 36.8 Å². The van der Waals surface area contributed by atoms with Gasteiger partial charge in [0.25, 0.3) is 5.91 Å². The van der Waals surface area contributed by atoms with Gasteiger partial charge in [-0.15, -0.1) is 11.3 Å². The van der Waals surface area contributed by atoms with E-state index in [1.54, 1.807) is 18.3 Å². The minimum atomic E-state index is -0.311. The first-order chi connectivity index (χ1) is 19.0. The zero-order chi connectivity index (χ0) is 27.0. The second kappa shape index (κ2) is 12.7. The number of nitrogens with zero attached hydrogens (tertiary/aromatic N) is 2. The number of hydrazone groups is 1. The Morgan fingerprint density at radius 1 is 0.974 bits per heavy atom. The molecule has 9 heteroatoms. The van der Waals surface area contributed by atoms with Gasteiger partial charge in [0.2, 0.25) is 0 Å². The summed E-state index contributed by atoms with van der Waals surface area (Å²) >= 11 is 10.9. The molecule has 194 valence electrons. The number of carbonyl (C=O) groups is 1. The number of halogens is 2. The summed E-state index contributed by atoms with van der Waals surface area (Å²) in [7, 11) is 0. The fourth-order valence-electron chi connectivity index (χ4n) is 3.60. The lowest BCUT2D eigenvalue weighted by Gasteiger charge is -2.09. The van der Waals surface area contributed by atoms with Gasteiger partial charge in [0.1, 0.15) is 12.4 Å². The van der Waals surface area contributed by atoms with Crippen molar-refractivity contribution in [2.45, 2.75) is 6.61 Å². The van der Waals surface area contributed by atoms with Crippen LogP contribution >= 0.6 is 38.9 Å². The predicted octanol–water partition coefficient (Wildman–Crippen LogP) is 8.31. The third-order valence-corrected chi connectivity index (χ3v) is 7.18. The molecule has 5 aromatic rings. The molecule has 0 fully saturated rings. The Balaban J connectivity index is 1.17. The second-order valence-corrected chi connectivity index (χ2v) is 10.6. The molecular formula is C30H22BrClN4O2S. The van der Waals surface area contributed by atoms with E-state index in [0.29, 0.717) is 22.9 Å². The zero-order valence-corrected chi connectivity index (χ0v) is 23.6. The monoisotopic (exact) mass is 616 g/mol. The van der Waals surface area contributed by atoms with Crippen LogP contribution in [0, 0.1) is 0 Å². The van der Waals surface area contributed by atoms with Gasteiger partial charge >= 0.3 is 0 Å². The van der Waals surface area contributed by atoms with Crippen molar-refractivity contribution in [1.29, 1.82) is 0 Å². The number of anilines is 2. The van der Waals surface area contributed by atoms with E-state index in [4.69, 9.17) is 16.3 Å². The van der Waals surface area contributed by atoms with Gasteiger partial charge in [0.15, 0.2) is 5.13 Å². The Morgan fingerprint density at radius 2 is 1.72 bits per heavy atom. The van der Waals surface area contributed by atoms with Crippen molar-refractivity contribution < 1.29 is 9.53 Å². The normalized spacial score (nSPS) is 10.9. The summed E-state index contributed by atoms with van der Waals surface area (Å²) < 4.78 is 6.98. The fraction of sp³-hybridized carbons (Fsp3) is 0.0333. The molecule has 6 nitrogen and oxygen atoms in total. The van der Waals surface area contributed by atoms with Gasteiger partial charge in [-0.1, -0.05) is 63.9 Å². The van der Waals surface area contributed by atoms with E-state index in [0.717, 1.165) is 37.7 Å². The van der Waals surface area contributed by atoms with Gasteiger partial charge < -0.3 is 10.1 Å². The van der Waals surface area contributed by atoms with E-state index in [1.807, 2.05) is 90.3 Å². The highest BCUT2D eigenvalue weighted by Crippen LogP contribution is 2.28. The number of ether oxygens (including phenoxy) is 1. The fourth-order valence-corrected chi connectivity index (χ4v) is 4.73. The summed E-state index contributed by atoms with van der Waals surface area (Å²) in [6, 6.07) is 30.2. The number of amides is 1. The molecule has 1 amide bonds. The molecule has 0 aliphatic heterocycles. The Labute approximate surface area is 243 Å². The topological polar surface area (TPSA) is 75.6 Å². The molecule has 0 radical (unpaired) electrons. The molecule has 0 atom stereocenters. The van der Waals surface area contributed by atoms with Crippen molar-refractivity contribution >= 4 is 61.8 Å². The van der Waals surface area contributed by atoms with Crippen LogP contribution in [-0.2, 0) is 6.61 Å². The van der Waals surface area contributed by atoms with Crippen LogP contribution in [0.3, 0.4) is 0 Å². The van der Waals surface area contributed by atoms with Gasteiger partial charge in [-0.05, 0) is 66.2 Å². The van der Waals surface area contributed by atoms with E-state index >= 15 is 0 Å².